The summed E-state index contributed by atoms with van der Waals surface area (Å²) in [7, 11) is 0. The number of pyridine rings is 1. The highest BCUT2D eigenvalue weighted by Gasteiger charge is 2.34. The van der Waals surface area contributed by atoms with Crippen molar-refractivity contribution in [2.45, 2.75) is 18.4 Å². The Morgan fingerprint density at radius 1 is 1.26 bits per heavy atom. The molecule has 1 aromatic heterocycles. The van der Waals surface area contributed by atoms with Crippen molar-refractivity contribution in [3.8, 4) is 11.3 Å². The van der Waals surface area contributed by atoms with Gasteiger partial charge in [0.2, 0.25) is 5.91 Å². The molecule has 0 aliphatic heterocycles. The van der Waals surface area contributed by atoms with E-state index in [1.807, 2.05) is 24.4 Å². The van der Waals surface area contributed by atoms with Crippen LogP contribution >= 0.6 is 0 Å². The van der Waals surface area contributed by atoms with Crippen LogP contribution in [0.4, 0.5) is 0 Å². The second-order valence-corrected chi connectivity index (χ2v) is 4.93. The molecule has 1 fully saturated rings. The van der Waals surface area contributed by atoms with Crippen LogP contribution in [0.3, 0.4) is 0 Å². The highest BCUT2D eigenvalue weighted by atomic mass is 16.1. The van der Waals surface area contributed by atoms with Gasteiger partial charge in [0.1, 0.15) is 0 Å². The predicted molar refractivity (Wildman–Crippen MR) is 73.5 cm³/mol. The number of nitrogens with two attached hydrogens (primary N) is 2. The Morgan fingerprint density at radius 3 is 2.63 bits per heavy atom. The van der Waals surface area contributed by atoms with E-state index in [0.717, 1.165) is 17.7 Å². The van der Waals surface area contributed by atoms with E-state index in [1.54, 1.807) is 12.1 Å². The molecule has 0 saturated heterocycles. The monoisotopic (exact) mass is 253 g/mol. The van der Waals surface area contributed by atoms with Gasteiger partial charge in [-0.05, 0) is 30.2 Å². The van der Waals surface area contributed by atoms with Crippen LogP contribution in [0.2, 0.25) is 0 Å². The fourth-order valence-corrected chi connectivity index (χ4v) is 2.23. The van der Waals surface area contributed by atoms with E-state index in [0.29, 0.717) is 11.5 Å². The summed E-state index contributed by atoms with van der Waals surface area (Å²) >= 11 is 0. The first-order valence-corrected chi connectivity index (χ1v) is 6.27. The number of aromatic nitrogens is 1. The summed E-state index contributed by atoms with van der Waals surface area (Å²) in [5.74, 6) is 0.0286. The highest BCUT2D eigenvalue weighted by Crippen LogP contribution is 2.38. The van der Waals surface area contributed by atoms with Gasteiger partial charge in [0.25, 0.3) is 0 Å². The Hall–Kier alpha value is -2.20. The maximum Gasteiger partial charge on any atom is 0.248 e. The van der Waals surface area contributed by atoms with E-state index >= 15 is 0 Å². The summed E-state index contributed by atoms with van der Waals surface area (Å²) in [6.45, 7) is 0. The van der Waals surface area contributed by atoms with Gasteiger partial charge in [-0.1, -0.05) is 18.2 Å². The summed E-state index contributed by atoms with van der Waals surface area (Å²) in [6.07, 6.45) is 2.90. The molecule has 2 atom stereocenters. The largest absolute Gasteiger partial charge is 0.366 e. The molecule has 4 nitrogen and oxygen atoms in total. The molecule has 0 spiro atoms. The Bertz CT molecular complexity index is 622. The number of primary amides is 1. The van der Waals surface area contributed by atoms with E-state index in [4.69, 9.17) is 11.5 Å². The molecular formula is C15H15N3O. The molecule has 4 N–H and O–H groups in total. The molecule has 0 bridgehead atoms. The van der Waals surface area contributed by atoms with E-state index in [1.165, 1.54) is 5.56 Å². The lowest BCUT2D eigenvalue weighted by Gasteiger charge is -2.04. The van der Waals surface area contributed by atoms with Crippen molar-refractivity contribution >= 4 is 5.91 Å². The lowest BCUT2D eigenvalue weighted by Crippen LogP contribution is -2.10. The first-order valence-electron chi connectivity index (χ1n) is 6.27. The fraction of sp³-hybridized carbons (Fsp3) is 0.200. The Morgan fingerprint density at radius 2 is 2.05 bits per heavy atom. The van der Waals surface area contributed by atoms with Crippen molar-refractivity contribution in [3.05, 3.63) is 53.7 Å². The molecule has 3 rings (SSSR count). The zero-order valence-electron chi connectivity index (χ0n) is 10.4. The number of hydrogen-bond acceptors (Lipinski definition) is 3. The lowest BCUT2D eigenvalue weighted by molar-refractivity contribution is 0.100. The van der Waals surface area contributed by atoms with Crippen molar-refractivity contribution in [2.24, 2.45) is 11.5 Å². The van der Waals surface area contributed by atoms with Crippen molar-refractivity contribution in [2.75, 3.05) is 0 Å². The van der Waals surface area contributed by atoms with Crippen LogP contribution in [0, 0.1) is 0 Å². The molecule has 1 amide bonds. The zero-order valence-corrected chi connectivity index (χ0v) is 10.4. The molecule has 19 heavy (non-hydrogen) atoms. The minimum atomic E-state index is -0.428. The van der Waals surface area contributed by atoms with E-state index in [9.17, 15) is 4.79 Å². The second kappa shape index (κ2) is 4.48. The number of nitrogens with zero attached hydrogens (tertiary/aromatic N) is 1. The number of carbonyl (C=O) groups excluding carboxylic acids is 1. The maximum absolute atomic E-state index is 11.2. The number of benzene rings is 1. The van der Waals surface area contributed by atoms with Gasteiger partial charge in [-0.3, -0.25) is 9.78 Å². The van der Waals surface area contributed by atoms with E-state index in [-0.39, 0.29) is 6.04 Å². The molecule has 1 saturated carbocycles. The zero-order chi connectivity index (χ0) is 13.4. The fourth-order valence-electron chi connectivity index (χ4n) is 2.23. The van der Waals surface area contributed by atoms with Gasteiger partial charge in [0.05, 0.1) is 5.69 Å². The molecule has 96 valence electrons. The van der Waals surface area contributed by atoms with Gasteiger partial charge in [0.15, 0.2) is 0 Å². The van der Waals surface area contributed by atoms with E-state index in [2.05, 4.69) is 11.1 Å². The van der Waals surface area contributed by atoms with Crippen molar-refractivity contribution < 1.29 is 4.79 Å². The molecule has 2 unspecified atom stereocenters. The summed E-state index contributed by atoms with van der Waals surface area (Å²) < 4.78 is 0. The van der Waals surface area contributed by atoms with Crippen molar-refractivity contribution in [3.63, 3.8) is 0 Å². The third-order valence-electron chi connectivity index (χ3n) is 3.50. The summed E-state index contributed by atoms with van der Waals surface area (Å²) in [6, 6.07) is 11.5. The topological polar surface area (TPSA) is 82.0 Å². The predicted octanol–water partition coefficient (Wildman–Crippen LogP) is 1.66. The average Bonchev–Trinajstić information content (AvgIpc) is 3.16. The van der Waals surface area contributed by atoms with E-state index < -0.39 is 5.91 Å². The summed E-state index contributed by atoms with van der Waals surface area (Å²) in [5.41, 5.74) is 14.5. The second-order valence-electron chi connectivity index (χ2n) is 4.93. The van der Waals surface area contributed by atoms with Crippen LogP contribution in [-0.2, 0) is 0 Å². The summed E-state index contributed by atoms with van der Waals surface area (Å²) in [4.78, 5) is 15.6. The SMILES string of the molecule is NC(=O)c1cccc(-c2ccc(C3CC3N)cn2)c1. The third kappa shape index (κ3) is 2.35. The van der Waals surface area contributed by atoms with Gasteiger partial charge in [-0.2, -0.15) is 0 Å². The van der Waals surface area contributed by atoms with Crippen LogP contribution in [0.25, 0.3) is 11.3 Å². The Kier molecular flexibility index (Phi) is 2.80. The normalized spacial score (nSPS) is 21.1. The Balaban J connectivity index is 1.89. The minimum Gasteiger partial charge on any atom is -0.366 e. The Labute approximate surface area is 111 Å². The van der Waals surface area contributed by atoms with Gasteiger partial charge in [-0.15, -0.1) is 0 Å². The number of carbonyl (C=O) groups is 1. The first-order chi connectivity index (χ1) is 9.15. The minimum absolute atomic E-state index is 0.283. The molecule has 1 heterocycles. The van der Waals surface area contributed by atoms with Gasteiger partial charge in [-0.25, -0.2) is 0 Å². The standard InChI is InChI=1S/C15H15N3O/c16-13-7-12(13)11-4-5-14(18-8-11)9-2-1-3-10(6-9)15(17)19/h1-6,8,12-13H,7,16H2,(H2,17,19). The average molecular weight is 253 g/mol. The van der Waals surface area contributed by atoms with Gasteiger partial charge < -0.3 is 11.5 Å². The molecule has 1 aliphatic rings. The molecule has 0 radical (unpaired) electrons. The van der Waals surface area contributed by atoms with Crippen molar-refractivity contribution in [1.82, 2.24) is 4.98 Å². The van der Waals surface area contributed by atoms with Crippen molar-refractivity contribution in [1.29, 1.82) is 0 Å². The highest BCUT2D eigenvalue weighted by molar-refractivity contribution is 5.93. The number of rotatable bonds is 3. The first kappa shape index (κ1) is 11.9. The third-order valence-corrected chi connectivity index (χ3v) is 3.50. The maximum atomic E-state index is 11.2. The molecular weight excluding hydrogens is 238 g/mol. The quantitative estimate of drug-likeness (QED) is 0.872. The molecule has 2 aromatic rings. The molecule has 4 heteroatoms. The van der Waals surface area contributed by atoms with Crippen LogP contribution in [0.15, 0.2) is 42.6 Å². The van der Waals surface area contributed by atoms with Gasteiger partial charge in [0, 0.05) is 29.3 Å². The van der Waals surface area contributed by atoms with Gasteiger partial charge >= 0.3 is 0 Å². The molecule has 1 aromatic carbocycles. The number of hydrogen-bond donors (Lipinski definition) is 2. The lowest BCUT2D eigenvalue weighted by atomic mass is 10.1. The van der Waals surface area contributed by atoms with Crippen LogP contribution in [0.1, 0.15) is 28.3 Å². The number of amides is 1. The molecule has 1 aliphatic carbocycles. The van der Waals surface area contributed by atoms with Crippen LogP contribution in [0.5, 0.6) is 0 Å². The smallest absolute Gasteiger partial charge is 0.248 e. The van der Waals surface area contributed by atoms with Crippen LogP contribution in [-0.4, -0.2) is 16.9 Å². The summed E-state index contributed by atoms with van der Waals surface area (Å²) in [5, 5.41) is 0. The van der Waals surface area contributed by atoms with Crippen LogP contribution < -0.4 is 11.5 Å².